The van der Waals surface area contributed by atoms with Crippen LogP contribution in [0.1, 0.15) is 28.1 Å². The second-order valence-electron chi connectivity index (χ2n) is 5.39. The van der Waals surface area contributed by atoms with Gasteiger partial charge in [-0.25, -0.2) is 0 Å². The first kappa shape index (κ1) is 16.1. The zero-order chi connectivity index (χ0) is 15.6. The number of carbonyl (C=O) groups is 1. The van der Waals surface area contributed by atoms with Gasteiger partial charge in [-0.1, -0.05) is 16.8 Å². The Labute approximate surface area is 132 Å². The maximum absolute atomic E-state index is 12.5. The number of halogens is 1. The molecule has 1 aliphatic rings. The van der Waals surface area contributed by atoms with Gasteiger partial charge in [0.1, 0.15) is 10.4 Å². The molecule has 116 valence electrons. The fourth-order valence-corrected chi connectivity index (χ4v) is 3.57. The Balaban J connectivity index is 2.24. The minimum absolute atomic E-state index is 0.0355. The zero-order valence-electron chi connectivity index (χ0n) is 12.0. The number of amides is 1. The van der Waals surface area contributed by atoms with Gasteiger partial charge in [0.2, 0.25) is 0 Å². The molecule has 21 heavy (non-hydrogen) atoms. The summed E-state index contributed by atoms with van der Waals surface area (Å²) in [6.45, 7) is 3.37. The van der Waals surface area contributed by atoms with Crippen LogP contribution in [0.15, 0.2) is 10.5 Å². The van der Waals surface area contributed by atoms with Crippen LogP contribution in [0.4, 0.5) is 0 Å². The molecule has 0 unspecified atom stereocenters. The van der Waals surface area contributed by atoms with Gasteiger partial charge in [0.05, 0.1) is 5.02 Å². The summed E-state index contributed by atoms with van der Waals surface area (Å²) in [5.74, 6) is -0.248. The number of amidine groups is 1. The van der Waals surface area contributed by atoms with Crippen molar-refractivity contribution in [3.8, 4) is 0 Å². The number of oxime groups is 1. The van der Waals surface area contributed by atoms with E-state index in [2.05, 4.69) is 15.4 Å². The molecule has 0 bridgehead atoms. The lowest BCUT2D eigenvalue weighted by atomic mass is 9.86. The third-order valence-corrected chi connectivity index (χ3v) is 5.59. The quantitative estimate of drug-likeness (QED) is 0.340. The smallest absolute Gasteiger partial charge is 0.263 e. The molecule has 1 aromatic rings. The summed E-state index contributed by atoms with van der Waals surface area (Å²) in [4.78, 5) is 15.1. The number of carbonyl (C=O) groups excluding carboxylic acids is 1. The Morgan fingerprint density at radius 3 is 2.67 bits per heavy atom. The molecule has 6 nitrogen and oxygen atoms in total. The van der Waals surface area contributed by atoms with Crippen LogP contribution in [0.25, 0.3) is 0 Å². The molecule has 0 saturated carbocycles. The average molecular weight is 331 g/mol. The summed E-state index contributed by atoms with van der Waals surface area (Å²) in [7, 11) is 2.00. The van der Waals surface area contributed by atoms with Crippen LogP contribution >= 0.6 is 22.9 Å². The van der Waals surface area contributed by atoms with E-state index < -0.39 is 5.54 Å². The SMILES string of the molecule is Cc1csc(C(=O)NC2(/C(N)=N/O)CCN(C)CC2)c1Cl. The molecule has 2 heterocycles. The number of rotatable bonds is 3. The first-order valence-electron chi connectivity index (χ1n) is 6.62. The number of nitrogens with one attached hydrogen (secondary N) is 1. The third-order valence-electron chi connectivity index (χ3n) is 3.90. The molecule has 1 saturated heterocycles. The zero-order valence-corrected chi connectivity index (χ0v) is 13.6. The normalized spacial score (nSPS) is 19.5. The van der Waals surface area contributed by atoms with Crippen molar-refractivity contribution in [3.63, 3.8) is 0 Å². The highest BCUT2D eigenvalue weighted by atomic mass is 35.5. The number of likely N-dealkylation sites (tertiary alicyclic amines) is 1. The van der Waals surface area contributed by atoms with Crippen LogP contribution < -0.4 is 11.1 Å². The van der Waals surface area contributed by atoms with Gasteiger partial charge in [0.15, 0.2) is 5.84 Å². The molecular formula is C13H19ClN4O2S. The topological polar surface area (TPSA) is 91.0 Å². The predicted octanol–water partition coefficient (Wildman–Crippen LogP) is 1.65. The highest BCUT2D eigenvalue weighted by Gasteiger charge is 2.40. The summed E-state index contributed by atoms with van der Waals surface area (Å²) >= 11 is 7.43. The lowest BCUT2D eigenvalue weighted by Gasteiger charge is -2.40. The molecule has 8 heteroatoms. The molecule has 2 rings (SSSR count). The van der Waals surface area contributed by atoms with Crippen LogP contribution in [0.2, 0.25) is 5.02 Å². The van der Waals surface area contributed by atoms with Crippen LogP contribution in [0.5, 0.6) is 0 Å². The number of aryl methyl sites for hydroxylation is 1. The van der Waals surface area contributed by atoms with E-state index in [1.165, 1.54) is 11.3 Å². The van der Waals surface area contributed by atoms with E-state index in [-0.39, 0.29) is 11.7 Å². The van der Waals surface area contributed by atoms with Crippen molar-refractivity contribution in [2.45, 2.75) is 25.3 Å². The van der Waals surface area contributed by atoms with Gasteiger partial charge < -0.3 is 21.2 Å². The fourth-order valence-electron chi connectivity index (χ4n) is 2.40. The second kappa shape index (κ2) is 6.21. The van der Waals surface area contributed by atoms with Crippen molar-refractivity contribution in [3.05, 3.63) is 20.8 Å². The van der Waals surface area contributed by atoms with Crippen molar-refractivity contribution >= 4 is 34.7 Å². The van der Waals surface area contributed by atoms with Gasteiger partial charge >= 0.3 is 0 Å². The third kappa shape index (κ3) is 3.14. The molecule has 0 aromatic carbocycles. The fraction of sp³-hybridized carbons (Fsp3) is 0.538. The van der Waals surface area contributed by atoms with Gasteiger partial charge in [0, 0.05) is 13.1 Å². The van der Waals surface area contributed by atoms with Crippen molar-refractivity contribution in [1.82, 2.24) is 10.2 Å². The van der Waals surface area contributed by atoms with Crippen LogP contribution in [0, 0.1) is 6.92 Å². The summed E-state index contributed by atoms with van der Waals surface area (Å²) in [5.41, 5.74) is 5.88. The van der Waals surface area contributed by atoms with E-state index >= 15 is 0 Å². The number of hydrogen-bond acceptors (Lipinski definition) is 5. The largest absolute Gasteiger partial charge is 0.409 e. The van der Waals surface area contributed by atoms with E-state index in [0.717, 1.165) is 18.7 Å². The molecule has 0 atom stereocenters. The van der Waals surface area contributed by atoms with Gasteiger partial charge in [0.25, 0.3) is 5.91 Å². The Bertz CT molecular complexity index is 565. The van der Waals surface area contributed by atoms with E-state index in [0.29, 0.717) is 22.7 Å². The molecule has 1 aliphatic heterocycles. The number of thiophene rings is 1. The highest BCUT2D eigenvalue weighted by Crippen LogP contribution is 2.29. The Morgan fingerprint density at radius 2 is 2.19 bits per heavy atom. The number of nitrogens with zero attached hydrogens (tertiary/aromatic N) is 2. The van der Waals surface area contributed by atoms with E-state index in [4.69, 9.17) is 22.5 Å². The van der Waals surface area contributed by atoms with Crippen molar-refractivity contribution in [1.29, 1.82) is 0 Å². The van der Waals surface area contributed by atoms with Gasteiger partial charge in [-0.05, 0) is 37.8 Å². The molecule has 0 aliphatic carbocycles. The number of piperidine rings is 1. The van der Waals surface area contributed by atoms with E-state index in [1.54, 1.807) is 0 Å². The lowest BCUT2D eigenvalue weighted by molar-refractivity contribution is 0.0890. The van der Waals surface area contributed by atoms with Crippen LogP contribution in [0.3, 0.4) is 0 Å². The summed E-state index contributed by atoms with van der Waals surface area (Å²) in [6.07, 6.45) is 1.18. The van der Waals surface area contributed by atoms with Crippen molar-refractivity contribution in [2.24, 2.45) is 10.9 Å². The molecule has 1 amide bonds. The van der Waals surface area contributed by atoms with Crippen LogP contribution in [-0.4, -0.2) is 47.5 Å². The first-order valence-corrected chi connectivity index (χ1v) is 7.88. The maximum atomic E-state index is 12.5. The second-order valence-corrected chi connectivity index (χ2v) is 6.64. The minimum Gasteiger partial charge on any atom is -0.409 e. The van der Waals surface area contributed by atoms with Gasteiger partial charge in [-0.15, -0.1) is 11.3 Å². The van der Waals surface area contributed by atoms with Gasteiger partial charge in [-0.3, -0.25) is 4.79 Å². The van der Waals surface area contributed by atoms with Crippen molar-refractivity contribution < 1.29 is 10.0 Å². The van der Waals surface area contributed by atoms with E-state index in [1.807, 2.05) is 19.4 Å². The molecule has 4 N–H and O–H groups in total. The number of hydrogen-bond donors (Lipinski definition) is 3. The predicted molar refractivity (Wildman–Crippen MR) is 84.4 cm³/mol. The highest BCUT2D eigenvalue weighted by molar-refractivity contribution is 7.13. The first-order chi connectivity index (χ1) is 9.89. The lowest BCUT2D eigenvalue weighted by Crippen LogP contribution is -2.62. The van der Waals surface area contributed by atoms with Crippen LogP contribution in [-0.2, 0) is 0 Å². The van der Waals surface area contributed by atoms with E-state index in [9.17, 15) is 4.79 Å². The standard InChI is InChI=1S/C13H19ClN4O2S/c1-8-7-21-10(9(8)14)11(19)16-13(12(15)17-20)3-5-18(2)6-4-13/h7,20H,3-6H2,1-2H3,(H2,15,17)(H,16,19). The summed E-state index contributed by atoms with van der Waals surface area (Å²) < 4.78 is 0. The Hall–Kier alpha value is -1.31. The Kier molecular flexibility index (Phi) is 4.75. The number of nitrogens with two attached hydrogens (primary N) is 1. The molecule has 1 aromatic heterocycles. The molecule has 1 fully saturated rings. The molecule has 0 spiro atoms. The van der Waals surface area contributed by atoms with Crippen molar-refractivity contribution in [2.75, 3.05) is 20.1 Å². The summed E-state index contributed by atoms with van der Waals surface area (Å²) in [5, 5.41) is 17.4. The Morgan fingerprint density at radius 1 is 1.57 bits per heavy atom. The minimum atomic E-state index is -0.820. The van der Waals surface area contributed by atoms with Gasteiger partial charge in [-0.2, -0.15) is 0 Å². The molecule has 0 radical (unpaired) electrons. The molecular weight excluding hydrogens is 312 g/mol. The average Bonchev–Trinajstić information content (AvgIpc) is 2.81. The summed E-state index contributed by atoms with van der Waals surface area (Å²) in [6, 6.07) is 0. The monoisotopic (exact) mass is 330 g/mol. The maximum Gasteiger partial charge on any atom is 0.263 e.